The lowest BCUT2D eigenvalue weighted by Gasteiger charge is -2.16. The molecule has 0 aliphatic carbocycles. The molecule has 0 spiro atoms. The third kappa shape index (κ3) is 6.06. The van der Waals surface area contributed by atoms with E-state index >= 15 is 0 Å². The second-order valence-electron chi connectivity index (χ2n) is 6.12. The van der Waals surface area contributed by atoms with Gasteiger partial charge < -0.3 is 14.8 Å². The third-order valence-electron chi connectivity index (χ3n) is 4.04. The minimum absolute atomic E-state index is 0.0168. The number of hydrogen-bond donors (Lipinski definition) is 1. The summed E-state index contributed by atoms with van der Waals surface area (Å²) in [6, 6.07) is 10.8. The van der Waals surface area contributed by atoms with Crippen molar-refractivity contribution in [2.75, 3.05) is 6.61 Å². The molecule has 1 N–H and O–H groups in total. The van der Waals surface area contributed by atoms with Gasteiger partial charge in [0.15, 0.2) is 6.61 Å². The maximum Gasteiger partial charge on any atom is 0.387 e. The predicted molar refractivity (Wildman–Crippen MR) is 95.8 cm³/mol. The summed E-state index contributed by atoms with van der Waals surface area (Å²) in [5, 5.41) is 2.75. The topological polar surface area (TPSA) is 64.6 Å². The number of aryl methyl sites for hydroxylation is 2. The van der Waals surface area contributed by atoms with Crippen molar-refractivity contribution in [3.63, 3.8) is 0 Å². The van der Waals surface area contributed by atoms with Crippen LogP contribution in [0.4, 0.5) is 8.78 Å². The lowest BCUT2D eigenvalue weighted by molar-refractivity contribution is -0.124. The van der Waals surface area contributed by atoms with Crippen LogP contribution in [0.5, 0.6) is 5.75 Å². The van der Waals surface area contributed by atoms with E-state index in [0.29, 0.717) is 0 Å². The highest BCUT2D eigenvalue weighted by Crippen LogP contribution is 2.18. The molecule has 0 radical (unpaired) electrons. The van der Waals surface area contributed by atoms with Crippen molar-refractivity contribution >= 4 is 11.9 Å². The van der Waals surface area contributed by atoms with Gasteiger partial charge in [-0.25, -0.2) is 4.79 Å². The van der Waals surface area contributed by atoms with E-state index in [0.717, 1.165) is 22.8 Å². The number of nitrogens with one attached hydrogen (secondary N) is 1. The van der Waals surface area contributed by atoms with Gasteiger partial charge in [-0.3, -0.25) is 4.79 Å². The minimum Gasteiger partial charge on any atom is -0.452 e. The van der Waals surface area contributed by atoms with Crippen molar-refractivity contribution in [2.45, 2.75) is 33.4 Å². The van der Waals surface area contributed by atoms with Gasteiger partial charge in [0, 0.05) is 0 Å². The van der Waals surface area contributed by atoms with Crippen molar-refractivity contribution in [3.05, 3.63) is 64.7 Å². The molecule has 1 unspecified atom stereocenters. The molecule has 2 aromatic carbocycles. The summed E-state index contributed by atoms with van der Waals surface area (Å²) in [5.74, 6) is -1.43. The molecule has 7 heteroatoms. The van der Waals surface area contributed by atoms with Gasteiger partial charge >= 0.3 is 12.6 Å². The van der Waals surface area contributed by atoms with E-state index in [1.807, 2.05) is 39.0 Å². The van der Waals surface area contributed by atoms with E-state index in [-0.39, 0.29) is 17.4 Å². The Morgan fingerprint density at radius 1 is 1.07 bits per heavy atom. The molecule has 27 heavy (non-hydrogen) atoms. The van der Waals surface area contributed by atoms with Crippen LogP contribution in [0.15, 0.2) is 42.5 Å². The molecule has 0 aliphatic heterocycles. The zero-order chi connectivity index (χ0) is 20.0. The lowest BCUT2D eigenvalue weighted by atomic mass is 10.0. The largest absolute Gasteiger partial charge is 0.452 e. The summed E-state index contributed by atoms with van der Waals surface area (Å²) in [5.41, 5.74) is 3.23. The molecule has 144 valence electrons. The van der Waals surface area contributed by atoms with Crippen LogP contribution in [-0.4, -0.2) is 25.1 Å². The van der Waals surface area contributed by atoms with Crippen molar-refractivity contribution < 1.29 is 27.8 Å². The number of halogens is 2. The minimum atomic E-state index is -2.99. The van der Waals surface area contributed by atoms with Crippen molar-refractivity contribution in [1.29, 1.82) is 0 Å². The summed E-state index contributed by atoms with van der Waals surface area (Å²) in [6.07, 6.45) is 0. The highest BCUT2D eigenvalue weighted by molar-refractivity contribution is 5.91. The van der Waals surface area contributed by atoms with Crippen molar-refractivity contribution in [2.24, 2.45) is 0 Å². The predicted octanol–water partition coefficient (Wildman–Crippen LogP) is 3.94. The molecule has 1 atom stereocenters. The van der Waals surface area contributed by atoms with Gasteiger partial charge in [-0.2, -0.15) is 8.78 Å². The van der Waals surface area contributed by atoms with E-state index in [1.54, 1.807) is 0 Å². The Morgan fingerprint density at radius 2 is 1.81 bits per heavy atom. The normalized spacial score (nSPS) is 11.8. The molecule has 0 aromatic heterocycles. The summed E-state index contributed by atoms with van der Waals surface area (Å²) in [6.45, 7) is 2.35. The van der Waals surface area contributed by atoms with E-state index < -0.39 is 25.1 Å². The van der Waals surface area contributed by atoms with Crippen LogP contribution in [-0.2, 0) is 9.53 Å². The highest BCUT2D eigenvalue weighted by Gasteiger charge is 2.15. The van der Waals surface area contributed by atoms with Gasteiger partial charge in [-0.05, 0) is 55.7 Å². The summed E-state index contributed by atoms with van der Waals surface area (Å²) < 4.78 is 33.6. The molecular weight excluding hydrogens is 356 g/mol. The number of carbonyl (C=O) groups is 2. The van der Waals surface area contributed by atoms with Crippen LogP contribution in [0.25, 0.3) is 0 Å². The summed E-state index contributed by atoms with van der Waals surface area (Å²) in [4.78, 5) is 24.0. The maximum absolute atomic E-state index is 12.2. The molecule has 0 saturated carbocycles. The van der Waals surface area contributed by atoms with Gasteiger partial charge in [-0.15, -0.1) is 0 Å². The number of amides is 1. The van der Waals surface area contributed by atoms with Gasteiger partial charge in [0.1, 0.15) is 5.75 Å². The van der Waals surface area contributed by atoms with Crippen LogP contribution in [0, 0.1) is 13.8 Å². The Balaban J connectivity index is 1.89. The molecule has 2 rings (SSSR count). The second kappa shape index (κ2) is 9.12. The van der Waals surface area contributed by atoms with Gasteiger partial charge in [-0.1, -0.05) is 24.3 Å². The Bertz CT molecular complexity index is 823. The van der Waals surface area contributed by atoms with Crippen LogP contribution in [0.1, 0.15) is 40.0 Å². The lowest BCUT2D eigenvalue weighted by Crippen LogP contribution is -2.31. The molecule has 0 saturated heterocycles. The smallest absolute Gasteiger partial charge is 0.387 e. The van der Waals surface area contributed by atoms with Crippen LogP contribution < -0.4 is 10.1 Å². The fourth-order valence-electron chi connectivity index (χ4n) is 2.41. The standard InChI is InChI=1S/C20H21F2NO4/c1-12-7-8-15(9-13(12)2)14(3)23-18(24)11-26-19(25)16-5-4-6-17(10-16)27-20(21)22/h4-10,14,20H,11H2,1-3H3,(H,23,24). The van der Waals surface area contributed by atoms with Crippen LogP contribution in [0.2, 0.25) is 0 Å². The Morgan fingerprint density at radius 3 is 2.48 bits per heavy atom. The highest BCUT2D eigenvalue weighted by atomic mass is 19.3. The Hall–Kier alpha value is -2.96. The summed E-state index contributed by atoms with van der Waals surface area (Å²) in [7, 11) is 0. The average molecular weight is 377 g/mol. The van der Waals surface area contributed by atoms with Crippen molar-refractivity contribution in [3.8, 4) is 5.75 Å². The summed E-state index contributed by atoms with van der Waals surface area (Å²) >= 11 is 0. The van der Waals surface area contributed by atoms with E-state index in [2.05, 4.69) is 10.1 Å². The fourth-order valence-corrected chi connectivity index (χ4v) is 2.41. The number of alkyl halides is 2. The van der Waals surface area contributed by atoms with Crippen LogP contribution in [0.3, 0.4) is 0 Å². The monoisotopic (exact) mass is 377 g/mol. The van der Waals surface area contributed by atoms with Crippen LogP contribution >= 0.6 is 0 Å². The molecule has 0 bridgehead atoms. The third-order valence-corrected chi connectivity index (χ3v) is 4.04. The average Bonchev–Trinajstić information content (AvgIpc) is 2.61. The number of ether oxygens (including phenoxy) is 2. The van der Waals surface area contributed by atoms with Gasteiger partial charge in [0.05, 0.1) is 11.6 Å². The second-order valence-corrected chi connectivity index (χ2v) is 6.12. The number of benzene rings is 2. The number of carbonyl (C=O) groups excluding carboxylic acids is 2. The first kappa shape index (κ1) is 20.4. The molecule has 2 aromatic rings. The molecule has 0 heterocycles. The first-order valence-electron chi connectivity index (χ1n) is 8.34. The van der Waals surface area contributed by atoms with E-state index in [4.69, 9.17) is 4.74 Å². The first-order chi connectivity index (χ1) is 12.8. The fraction of sp³-hybridized carbons (Fsp3) is 0.300. The number of rotatable bonds is 7. The Labute approximate surface area is 156 Å². The van der Waals surface area contributed by atoms with E-state index in [9.17, 15) is 18.4 Å². The quantitative estimate of drug-likeness (QED) is 0.743. The molecule has 1 amide bonds. The Kier molecular flexibility index (Phi) is 6.87. The SMILES string of the molecule is Cc1ccc(C(C)NC(=O)COC(=O)c2cccc(OC(F)F)c2)cc1C. The first-order valence-corrected chi connectivity index (χ1v) is 8.34. The molecule has 5 nitrogen and oxygen atoms in total. The van der Waals surface area contributed by atoms with E-state index in [1.165, 1.54) is 18.2 Å². The molecule has 0 aliphatic rings. The number of esters is 1. The van der Waals surface area contributed by atoms with Crippen molar-refractivity contribution in [1.82, 2.24) is 5.32 Å². The maximum atomic E-state index is 12.2. The van der Waals surface area contributed by atoms with Gasteiger partial charge in [0.2, 0.25) is 0 Å². The molecular formula is C20H21F2NO4. The molecule has 0 fully saturated rings. The zero-order valence-corrected chi connectivity index (χ0v) is 15.3. The van der Waals surface area contributed by atoms with Gasteiger partial charge in [0.25, 0.3) is 5.91 Å². The number of hydrogen-bond acceptors (Lipinski definition) is 4. The zero-order valence-electron chi connectivity index (χ0n) is 15.3.